The summed E-state index contributed by atoms with van der Waals surface area (Å²) >= 11 is 0. The Morgan fingerprint density at radius 3 is 1.89 bits per heavy atom. The minimum absolute atomic E-state index is 0.176. The normalized spacial score (nSPS) is 14.3. The molecule has 0 radical (unpaired) electrons. The van der Waals surface area contributed by atoms with Crippen molar-refractivity contribution < 1.29 is 59.1 Å². The largest absolute Gasteiger partial charge is 0.490 e. The van der Waals surface area contributed by atoms with Gasteiger partial charge in [0, 0.05) is 11.8 Å². The number of nitro benzene ring substituents is 1. The summed E-state index contributed by atoms with van der Waals surface area (Å²) in [6.45, 7) is -0.493. The second-order valence-electron chi connectivity index (χ2n) is 7.25. The van der Waals surface area contributed by atoms with Crippen LogP contribution in [0.1, 0.15) is 23.6 Å². The van der Waals surface area contributed by atoms with Crippen LogP contribution < -0.4 is 10.1 Å². The minimum Gasteiger partial charge on any atom is -0.490 e. The van der Waals surface area contributed by atoms with E-state index in [-0.39, 0.29) is 24.3 Å². The molecule has 2 rings (SSSR count). The van der Waals surface area contributed by atoms with Crippen LogP contribution in [0.25, 0.3) is 0 Å². The Kier molecular flexibility index (Phi) is 7.31. The summed E-state index contributed by atoms with van der Waals surface area (Å²) < 4.78 is 121. The lowest BCUT2D eigenvalue weighted by Crippen LogP contribution is -2.45. The standard InChI is InChI=1S/C19H13F9N2O5/c1-16(32,8-35-12-5-9(17(20,21)22)4-10(6-12)18(23,24)25)15(31)29-11-2-3-14(30(33)34)13(7-11)19(26,27)28/h2-7,32H,8H2,1H3,(H,29,31). The number of nitrogens with zero attached hydrogens (tertiary/aromatic N) is 1. The van der Waals surface area contributed by atoms with E-state index >= 15 is 0 Å². The number of alkyl halides is 9. The van der Waals surface area contributed by atoms with Crippen LogP contribution in [-0.2, 0) is 23.3 Å². The van der Waals surface area contributed by atoms with Gasteiger partial charge in [-0.25, -0.2) is 0 Å². The van der Waals surface area contributed by atoms with Gasteiger partial charge in [-0.15, -0.1) is 0 Å². The predicted octanol–water partition coefficient (Wildman–Crippen LogP) is 5.42. The van der Waals surface area contributed by atoms with E-state index < -0.39 is 75.4 Å². The maximum atomic E-state index is 13.1. The van der Waals surface area contributed by atoms with Gasteiger partial charge in [0.15, 0.2) is 5.60 Å². The Bertz CT molecular complexity index is 1090. The van der Waals surface area contributed by atoms with E-state index in [9.17, 15) is 59.5 Å². The van der Waals surface area contributed by atoms with Crippen LogP contribution in [0.15, 0.2) is 36.4 Å². The highest BCUT2D eigenvalue weighted by Gasteiger charge is 2.40. The van der Waals surface area contributed by atoms with Crippen molar-refractivity contribution in [2.45, 2.75) is 31.1 Å². The Hall–Kier alpha value is -3.56. The average molecular weight is 520 g/mol. The van der Waals surface area contributed by atoms with Crippen molar-refractivity contribution in [3.8, 4) is 5.75 Å². The molecule has 0 spiro atoms. The van der Waals surface area contributed by atoms with E-state index in [1.54, 1.807) is 0 Å². The predicted molar refractivity (Wildman–Crippen MR) is 99.3 cm³/mol. The number of benzene rings is 2. The summed E-state index contributed by atoms with van der Waals surface area (Å²) in [6, 6.07) is 1.56. The molecule has 35 heavy (non-hydrogen) atoms. The molecule has 0 bridgehead atoms. The number of rotatable bonds is 6. The maximum Gasteiger partial charge on any atom is 0.423 e. The first kappa shape index (κ1) is 27.7. The summed E-state index contributed by atoms with van der Waals surface area (Å²) in [5.74, 6) is -2.47. The number of halogens is 9. The van der Waals surface area contributed by atoms with E-state index in [1.807, 2.05) is 5.32 Å². The topological polar surface area (TPSA) is 102 Å². The number of carbonyl (C=O) groups is 1. The van der Waals surface area contributed by atoms with Crippen molar-refractivity contribution in [1.82, 2.24) is 0 Å². The molecule has 192 valence electrons. The number of anilines is 1. The Morgan fingerprint density at radius 1 is 0.943 bits per heavy atom. The molecule has 2 aromatic rings. The zero-order valence-electron chi connectivity index (χ0n) is 17.1. The van der Waals surface area contributed by atoms with Crippen molar-refractivity contribution >= 4 is 17.3 Å². The molecule has 16 heteroatoms. The van der Waals surface area contributed by atoms with Crippen LogP contribution in [0, 0.1) is 10.1 Å². The van der Waals surface area contributed by atoms with Crippen LogP contribution in [0.2, 0.25) is 0 Å². The molecule has 0 saturated carbocycles. The third-order valence-corrected chi connectivity index (χ3v) is 4.33. The Labute approximate surface area is 189 Å². The second-order valence-corrected chi connectivity index (χ2v) is 7.25. The summed E-state index contributed by atoms with van der Waals surface area (Å²) in [7, 11) is 0. The number of ether oxygens (including phenoxy) is 1. The lowest BCUT2D eigenvalue weighted by atomic mass is 10.1. The zero-order chi connectivity index (χ0) is 27.0. The lowest BCUT2D eigenvalue weighted by Gasteiger charge is -2.23. The highest BCUT2D eigenvalue weighted by Crippen LogP contribution is 2.39. The quantitative estimate of drug-likeness (QED) is 0.301. The van der Waals surface area contributed by atoms with Crippen molar-refractivity contribution in [3.63, 3.8) is 0 Å². The molecule has 1 unspecified atom stereocenters. The lowest BCUT2D eigenvalue weighted by molar-refractivity contribution is -0.388. The Balaban J connectivity index is 2.26. The maximum absolute atomic E-state index is 13.1. The summed E-state index contributed by atoms with van der Waals surface area (Å²) in [5.41, 5.74) is -9.82. The van der Waals surface area contributed by atoms with Gasteiger partial charge in [-0.1, -0.05) is 0 Å². The monoisotopic (exact) mass is 520 g/mol. The zero-order valence-corrected chi connectivity index (χ0v) is 17.1. The third-order valence-electron chi connectivity index (χ3n) is 4.33. The minimum atomic E-state index is -5.19. The van der Waals surface area contributed by atoms with E-state index in [4.69, 9.17) is 4.74 Å². The first-order valence-electron chi connectivity index (χ1n) is 9.03. The van der Waals surface area contributed by atoms with Crippen molar-refractivity contribution in [3.05, 3.63) is 63.2 Å². The molecule has 0 heterocycles. The Morgan fingerprint density at radius 2 is 1.46 bits per heavy atom. The molecule has 0 aliphatic carbocycles. The average Bonchev–Trinajstić information content (AvgIpc) is 2.70. The molecule has 2 aromatic carbocycles. The molecule has 0 saturated heterocycles. The van der Waals surface area contributed by atoms with Crippen molar-refractivity contribution in [2.24, 2.45) is 0 Å². The molecular formula is C19H13F9N2O5. The third kappa shape index (κ3) is 6.97. The van der Waals surface area contributed by atoms with Gasteiger partial charge in [0.25, 0.3) is 11.6 Å². The molecule has 2 N–H and O–H groups in total. The van der Waals surface area contributed by atoms with Gasteiger partial charge in [0.1, 0.15) is 17.9 Å². The van der Waals surface area contributed by atoms with Crippen molar-refractivity contribution in [2.75, 3.05) is 11.9 Å². The van der Waals surface area contributed by atoms with Crippen LogP contribution in [0.5, 0.6) is 5.75 Å². The number of nitro groups is 1. The molecule has 0 aromatic heterocycles. The molecule has 0 aliphatic heterocycles. The van der Waals surface area contributed by atoms with Gasteiger partial charge in [0.05, 0.1) is 16.1 Å². The number of hydrogen-bond acceptors (Lipinski definition) is 5. The van der Waals surface area contributed by atoms with Crippen LogP contribution in [0.3, 0.4) is 0 Å². The smallest absolute Gasteiger partial charge is 0.423 e. The van der Waals surface area contributed by atoms with Gasteiger partial charge in [-0.2, -0.15) is 39.5 Å². The van der Waals surface area contributed by atoms with Gasteiger partial charge >= 0.3 is 18.5 Å². The molecule has 0 aliphatic rings. The second kappa shape index (κ2) is 9.24. The SMILES string of the molecule is CC(O)(COc1cc(C(F)(F)F)cc(C(F)(F)F)c1)C(=O)Nc1ccc([N+](=O)[O-])c(C(F)(F)F)c1. The van der Waals surface area contributed by atoms with Gasteiger partial charge in [0.2, 0.25) is 0 Å². The number of aliphatic hydroxyl groups is 1. The summed E-state index contributed by atoms with van der Waals surface area (Å²) in [4.78, 5) is 21.7. The highest BCUT2D eigenvalue weighted by atomic mass is 19.4. The van der Waals surface area contributed by atoms with Crippen LogP contribution in [0.4, 0.5) is 50.9 Å². The molecular weight excluding hydrogens is 507 g/mol. The van der Waals surface area contributed by atoms with Gasteiger partial charge in [-0.05, 0) is 37.3 Å². The number of nitrogens with one attached hydrogen (secondary N) is 1. The van der Waals surface area contributed by atoms with E-state index in [1.165, 1.54) is 0 Å². The van der Waals surface area contributed by atoms with Crippen molar-refractivity contribution in [1.29, 1.82) is 0 Å². The molecule has 7 nitrogen and oxygen atoms in total. The molecule has 1 atom stereocenters. The fourth-order valence-corrected chi connectivity index (χ4v) is 2.56. The first-order chi connectivity index (χ1) is 15.7. The number of hydrogen-bond donors (Lipinski definition) is 2. The van der Waals surface area contributed by atoms with E-state index in [0.29, 0.717) is 12.1 Å². The van der Waals surface area contributed by atoms with Gasteiger partial charge < -0.3 is 15.2 Å². The number of amides is 1. The van der Waals surface area contributed by atoms with Gasteiger partial charge in [-0.3, -0.25) is 14.9 Å². The summed E-state index contributed by atoms with van der Waals surface area (Å²) in [5, 5.41) is 22.8. The van der Waals surface area contributed by atoms with Crippen LogP contribution in [-0.4, -0.2) is 28.1 Å². The molecule has 1 amide bonds. The summed E-state index contributed by atoms with van der Waals surface area (Å²) in [6.07, 6.45) is -15.6. The highest BCUT2D eigenvalue weighted by molar-refractivity contribution is 5.97. The fourth-order valence-electron chi connectivity index (χ4n) is 2.56. The van der Waals surface area contributed by atoms with E-state index in [2.05, 4.69) is 0 Å². The van der Waals surface area contributed by atoms with Crippen LogP contribution >= 0.6 is 0 Å². The fraction of sp³-hybridized carbons (Fsp3) is 0.316. The molecule has 0 fully saturated rings. The number of carbonyl (C=O) groups excluding carboxylic acids is 1. The first-order valence-corrected chi connectivity index (χ1v) is 9.03. The van der Waals surface area contributed by atoms with E-state index in [0.717, 1.165) is 6.92 Å².